The van der Waals surface area contributed by atoms with E-state index in [9.17, 15) is 4.79 Å². The van der Waals surface area contributed by atoms with Crippen LogP contribution in [0.4, 0.5) is 5.82 Å². The molecule has 0 aliphatic heterocycles. The van der Waals surface area contributed by atoms with Gasteiger partial charge in [-0.1, -0.05) is 11.3 Å². The molecule has 2 aromatic rings. The minimum atomic E-state index is -0.250. The molecule has 0 aromatic carbocycles. The molecule has 0 atom stereocenters. The van der Waals surface area contributed by atoms with Gasteiger partial charge in [-0.05, 0) is 43.1 Å². The second-order valence-electron chi connectivity index (χ2n) is 4.01. The number of nitrogen functional groups attached to an aromatic ring is 1. The maximum Gasteiger partial charge on any atom is 0.361 e. The van der Waals surface area contributed by atoms with Crippen LogP contribution in [-0.4, -0.2) is 23.3 Å². The highest BCUT2D eigenvalue weighted by Gasteiger charge is 2.20. The number of hydrogen-bond acceptors (Lipinski definition) is 6. The summed E-state index contributed by atoms with van der Waals surface area (Å²) in [6, 6.07) is 0. The topological polar surface area (TPSA) is 79.3 Å². The summed E-state index contributed by atoms with van der Waals surface area (Å²) in [6.45, 7) is 6.26. The van der Waals surface area contributed by atoms with Crippen molar-refractivity contribution in [2.75, 3.05) is 18.1 Å². The number of ether oxygens (including phenoxy) is 1. The van der Waals surface area contributed by atoms with E-state index < -0.39 is 0 Å². The van der Waals surface area contributed by atoms with Gasteiger partial charge in [0, 0.05) is 4.88 Å². The van der Waals surface area contributed by atoms with Crippen molar-refractivity contribution in [1.82, 2.24) is 4.98 Å². The molecule has 3 N–H and O–H groups in total. The standard InChI is InChI=1S/C12H15N3O2S2/c1-4-17-8(16)5-18-12-14-10(13)9-6(2)7(3)19-11(9)15-12/h4-5H2,1-3H3,(H2,13,14,15)/p+1. The van der Waals surface area contributed by atoms with Gasteiger partial charge in [-0.15, -0.1) is 0 Å². The molecule has 2 aromatic heterocycles. The fourth-order valence-electron chi connectivity index (χ4n) is 1.71. The summed E-state index contributed by atoms with van der Waals surface area (Å²) < 4.78 is 4.87. The van der Waals surface area contributed by atoms with E-state index in [1.807, 2.05) is 6.92 Å². The molecule has 0 fully saturated rings. The first-order chi connectivity index (χ1) is 9.02. The van der Waals surface area contributed by atoms with Crippen LogP contribution in [-0.2, 0) is 9.53 Å². The van der Waals surface area contributed by atoms with Crippen LogP contribution in [0, 0.1) is 13.8 Å². The number of aromatic amines is 1. The van der Waals surface area contributed by atoms with Crippen LogP contribution in [0.25, 0.3) is 10.2 Å². The zero-order valence-electron chi connectivity index (χ0n) is 11.1. The number of thioether (sulfide) groups is 1. The molecule has 2 rings (SSSR count). The van der Waals surface area contributed by atoms with Crippen LogP contribution in [0.1, 0.15) is 17.4 Å². The molecule has 7 heteroatoms. The normalized spacial score (nSPS) is 10.9. The quantitative estimate of drug-likeness (QED) is 0.530. The van der Waals surface area contributed by atoms with Crippen LogP contribution >= 0.6 is 23.1 Å². The molecule has 102 valence electrons. The molecule has 2 heterocycles. The first kappa shape index (κ1) is 14.1. The average molecular weight is 298 g/mol. The molecular formula is C12H16N3O2S2+. The van der Waals surface area contributed by atoms with Gasteiger partial charge in [-0.25, -0.2) is 4.98 Å². The van der Waals surface area contributed by atoms with Crippen LogP contribution in [0.5, 0.6) is 0 Å². The molecule has 0 aliphatic carbocycles. The lowest BCUT2D eigenvalue weighted by atomic mass is 10.2. The molecule has 0 saturated carbocycles. The van der Waals surface area contributed by atoms with Gasteiger partial charge in [0.2, 0.25) is 0 Å². The summed E-state index contributed by atoms with van der Waals surface area (Å²) in [4.78, 5) is 21.0. The van der Waals surface area contributed by atoms with Crippen molar-refractivity contribution in [1.29, 1.82) is 0 Å². The predicted molar refractivity (Wildman–Crippen MR) is 77.4 cm³/mol. The van der Waals surface area contributed by atoms with Crippen molar-refractivity contribution in [2.24, 2.45) is 0 Å². The van der Waals surface area contributed by atoms with E-state index in [0.29, 0.717) is 17.6 Å². The van der Waals surface area contributed by atoms with Gasteiger partial charge in [-0.3, -0.25) is 4.79 Å². The van der Waals surface area contributed by atoms with Crippen molar-refractivity contribution >= 4 is 45.1 Å². The van der Waals surface area contributed by atoms with E-state index in [4.69, 9.17) is 10.5 Å². The summed E-state index contributed by atoms with van der Waals surface area (Å²) in [7, 11) is 0. The number of anilines is 1. The zero-order chi connectivity index (χ0) is 14.0. The first-order valence-electron chi connectivity index (χ1n) is 5.89. The number of aromatic nitrogens is 2. The van der Waals surface area contributed by atoms with Crippen LogP contribution < -0.4 is 10.7 Å². The number of nitrogens with one attached hydrogen (secondary N) is 1. The number of nitrogens with two attached hydrogens (primary N) is 1. The van der Waals surface area contributed by atoms with Gasteiger partial charge < -0.3 is 10.5 Å². The Morgan fingerprint density at radius 1 is 1.53 bits per heavy atom. The van der Waals surface area contributed by atoms with E-state index in [1.54, 1.807) is 18.3 Å². The monoisotopic (exact) mass is 298 g/mol. The van der Waals surface area contributed by atoms with Gasteiger partial charge in [0.25, 0.3) is 5.82 Å². The Bertz CT molecular complexity index is 625. The molecule has 0 unspecified atom stereocenters. The lowest BCUT2D eigenvalue weighted by Gasteiger charge is -1.98. The van der Waals surface area contributed by atoms with Gasteiger partial charge in [0.1, 0.15) is 11.1 Å². The highest BCUT2D eigenvalue weighted by molar-refractivity contribution is 7.99. The Labute approximate surface area is 119 Å². The molecule has 0 spiro atoms. The maximum atomic E-state index is 11.3. The van der Waals surface area contributed by atoms with E-state index >= 15 is 0 Å². The molecule has 0 saturated heterocycles. The molecule has 0 radical (unpaired) electrons. The number of rotatable bonds is 4. The van der Waals surface area contributed by atoms with Crippen molar-refractivity contribution in [3.63, 3.8) is 0 Å². The Morgan fingerprint density at radius 2 is 2.26 bits per heavy atom. The second kappa shape index (κ2) is 5.75. The molecule has 19 heavy (non-hydrogen) atoms. The van der Waals surface area contributed by atoms with E-state index in [-0.39, 0.29) is 11.7 Å². The smallest absolute Gasteiger partial charge is 0.361 e. The number of carbonyl (C=O) groups is 1. The highest BCUT2D eigenvalue weighted by atomic mass is 32.2. The minimum absolute atomic E-state index is 0.228. The number of fused-ring (bicyclic) bond motifs is 1. The third-order valence-electron chi connectivity index (χ3n) is 2.72. The Kier molecular flexibility index (Phi) is 4.26. The SMILES string of the molecule is CCOC(=O)CSc1nc(N)c2c(C)c(C)sc2[nH+]1. The summed E-state index contributed by atoms with van der Waals surface area (Å²) in [5.74, 6) is 0.480. The molecular weight excluding hydrogens is 282 g/mol. The van der Waals surface area contributed by atoms with Crippen LogP contribution in [0.3, 0.4) is 0 Å². The van der Waals surface area contributed by atoms with Crippen LogP contribution in [0.15, 0.2) is 5.16 Å². The molecule has 0 aliphatic rings. The molecule has 5 nitrogen and oxygen atoms in total. The van der Waals surface area contributed by atoms with Gasteiger partial charge in [0.05, 0.1) is 6.61 Å². The largest absolute Gasteiger partial charge is 0.465 e. The summed E-state index contributed by atoms with van der Waals surface area (Å²) in [5.41, 5.74) is 7.14. The number of aryl methyl sites for hydroxylation is 2. The Balaban J connectivity index is 2.24. The fourth-order valence-corrected chi connectivity index (χ4v) is 3.52. The third-order valence-corrected chi connectivity index (χ3v) is 4.69. The van der Waals surface area contributed by atoms with Gasteiger partial charge >= 0.3 is 11.1 Å². The maximum absolute atomic E-state index is 11.3. The third kappa shape index (κ3) is 2.98. The number of carbonyl (C=O) groups excluding carboxylic acids is 1. The summed E-state index contributed by atoms with van der Waals surface area (Å²) >= 11 is 2.94. The van der Waals surface area contributed by atoms with Crippen LogP contribution in [0.2, 0.25) is 0 Å². The van der Waals surface area contributed by atoms with E-state index in [1.165, 1.54) is 16.6 Å². The van der Waals surface area contributed by atoms with Crippen molar-refractivity contribution < 1.29 is 14.5 Å². The second-order valence-corrected chi connectivity index (χ2v) is 6.20. The number of nitrogens with zero attached hydrogens (tertiary/aromatic N) is 1. The van der Waals surface area contributed by atoms with Gasteiger partial charge in [-0.2, -0.15) is 0 Å². The van der Waals surface area contributed by atoms with Gasteiger partial charge in [0.15, 0.2) is 4.83 Å². The fraction of sp³-hybridized carbons (Fsp3) is 0.417. The molecule has 0 bridgehead atoms. The van der Waals surface area contributed by atoms with E-state index in [2.05, 4.69) is 16.9 Å². The number of thiophene rings is 1. The summed E-state index contributed by atoms with van der Waals surface area (Å²) in [6.07, 6.45) is 0. The lowest BCUT2D eigenvalue weighted by molar-refractivity contribution is -0.399. The minimum Gasteiger partial charge on any atom is -0.465 e. The lowest BCUT2D eigenvalue weighted by Crippen LogP contribution is -2.14. The Hall–Kier alpha value is -1.34. The van der Waals surface area contributed by atoms with Crippen molar-refractivity contribution in [3.8, 4) is 0 Å². The Morgan fingerprint density at radius 3 is 2.95 bits per heavy atom. The number of esters is 1. The average Bonchev–Trinajstić information content (AvgIpc) is 2.63. The predicted octanol–water partition coefficient (Wildman–Crippen LogP) is 1.96. The zero-order valence-corrected chi connectivity index (χ0v) is 12.7. The molecule has 0 amide bonds. The number of hydrogen-bond donors (Lipinski definition) is 1. The van der Waals surface area contributed by atoms with Crippen molar-refractivity contribution in [2.45, 2.75) is 25.9 Å². The van der Waals surface area contributed by atoms with E-state index in [0.717, 1.165) is 15.8 Å². The number of H-pyrrole nitrogens is 1. The first-order valence-corrected chi connectivity index (χ1v) is 7.70. The van der Waals surface area contributed by atoms with Crippen molar-refractivity contribution in [3.05, 3.63) is 10.4 Å². The summed E-state index contributed by atoms with van der Waals surface area (Å²) in [5, 5.41) is 1.61. The highest BCUT2D eigenvalue weighted by Crippen LogP contribution is 2.31.